The molecule has 3 nitrogen and oxygen atoms in total. The summed E-state index contributed by atoms with van der Waals surface area (Å²) in [7, 11) is 3.01. The minimum absolute atomic E-state index is 0.100. The lowest BCUT2D eigenvalue weighted by atomic mass is 10.2. The molecular formula is C9H11ClO3. The van der Waals surface area contributed by atoms with Crippen LogP contribution < -0.4 is 9.47 Å². The average molecular weight is 203 g/mol. The summed E-state index contributed by atoms with van der Waals surface area (Å²) in [6.07, 6.45) is 0. The molecule has 13 heavy (non-hydrogen) atoms. The summed E-state index contributed by atoms with van der Waals surface area (Å²) in [6.45, 7) is -0.100. The van der Waals surface area contributed by atoms with Crippen molar-refractivity contribution in [2.75, 3.05) is 14.2 Å². The summed E-state index contributed by atoms with van der Waals surface area (Å²) < 4.78 is 10.1. The molecule has 0 saturated carbocycles. The van der Waals surface area contributed by atoms with Crippen molar-refractivity contribution in [2.24, 2.45) is 0 Å². The number of rotatable bonds is 3. The Morgan fingerprint density at radius 2 is 1.85 bits per heavy atom. The van der Waals surface area contributed by atoms with Crippen LogP contribution in [0.5, 0.6) is 11.5 Å². The van der Waals surface area contributed by atoms with Gasteiger partial charge in [-0.2, -0.15) is 0 Å². The van der Waals surface area contributed by atoms with E-state index in [1.807, 2.05) is 0 Å². The van der Waals surface area contributed by atoms with Gasteiger partial charge in [-0.05, 0) is 6.07 Å². The summed E-state index contributed by atoms with van der Waals surface area (Å²) in [5.74, 6) is 0.938. The van der Waals surface area contributed by atoms with Crippen molar-refractivity contribution in [1.82, 2.24) is 0 Å². The van der Waals surface area contributed by atoms with Crippen molar-refractivity contribution in [3.8, 4) is 11.5 Å². The smallest absolute Gasteiger partial charge is 0.179 e. The first-order chi connectivity index (χ1) is 6.24. The van der Waals surface area contributed by atoms with E-state index in [-0.39, 0.29) is 6.61 Å². The largest absolute Gasteiger partial charge is 0.492 e. The molecule has 1 rings (SSSR count). The molecule has 0 spiro atoms. The number of hydrogen-bond acceptors (Lipinski definition) is 3. The van der Waals surface area contributed by atoms with E-state index in [0.717, 1.165) is 0 Å². The number of ether oxygens (including phenoxy) is 2. The molecule has 0 fully saturated rings. The Kier molecular flexibility index (Phi) is 3.39. The van der Waals surface area contributed by atoms with Crippen LogP contribution in [0.15, 0.2) is 12.1 Å². The fourth-order valence-electron chi connectivity index (χ4n) is 1.12. The van der Waals surface area contributed by atoms with Crippen molar-refractivity contribution < 1.29 is 14.6 Å². The van der Waals surface area contributed by atoms with Crippen molar-refractivity contribution in [1.29, 1.82) is 0 Å². The molecule has 1 aromatic rings. The third kappa shape index (κ3) is 1.87. The van der Waals surface area contributed by atoms with Gasteiger partial charge in [0, 0.05) is 5.56 Å². The molecule has 0 heterocycles. The highest BCUT2D eigenvalue weighted by Gasteiger charge is 2.12. The van der Waals surface area contributed by atoms with Gasteiger partial charge in [-0.3, -0.25) is 0 Å². The minimum Gasteiger partial charge on any atom is -0.492 e. The highest BCUT2D eigenvalue weighted by molar-refractivity contribution is 6.32. The van der Waals surface area contributed by atoms with E-state index >= 15 is 0 Å². The third-order valence-corrected chi connectivity index (χ3v) is 2.02. The van der Waals surface area contributed by atoms with Gasteiger partial charge in [0.25, 0.3) is 0 Å². The van der Waals surface area contributed by atoms with Gasteiger partial charge in [-0.25, -0.2) is 0 Å². The molecule has 0 aliphatic heterocycles. The summed E-state index contributed by atoms with van der Waals surface area (Å²) in [5.41, 5.74) is 0.656. The van der Waals surface area contributed by atoms with Gasteiger partial charge in [0.05, 0.1) is 25.8 Å². The number of halogens is 1. The molecule has 0 amide bonds. The Bertz CT molecular complexity index is 299. The average Bonchev–Trinajstić information content (AvgIpc) is 2.17. The summed E-state index contributed by atoms with van der Waals surface area (Å²) in [5, 5.41) is 9.45. The maximum Gasteiger partial charge on any atom is 0.179 e. The van der Waals surface area contributed by atoms with Crippen molar-refractivity contribution in [3.63, 3.8) is 0 Å². The maximum absolute atomic E-state index is 8.98. The zero-order valence-corrected chi connectivity index (χ0v) is 8.26. The second kappa shape index (κ2) is 4.35. The van der Waals surface area contributed by atoms with Crippen LogP contribution in [0.25, 0.3) is 0 Å². The van der Waals surface area contributed by atoms with E-state index in [9.17, 15) is 0 Å². The molecule has 1 N–H and O–H groups in total. The quantitative estimate of drug-likeness (QED) is 0.813. The van der Waals surface area contributed by atoms with Crippen LogP contribution >= 0.6 is 11.6 Å². The molecule has 0 aromatic heterocycles. The topological polar surface area (TPSA) is 38.7 Å². The second-order valence-corrected chi connectivity index (χ2v) is 2.84. The number of aliphatic hydroxyl groups excluding tert-OH is 1. The lowest BCUT2D eigenvalue weighted by Gasteiger charge is -2.12. The first-order valence-corrected chi connectivity index (χ1v) is 4.12. The Balaban J connectivity index is 3.27. The Hall–Kier alpha value is -0.930. The van der Waals surface area contributed by atoms with E-state index in [4.69, 9.17) is 26.2 Å². The van der Waals surface area contributed by atoms with Crippen LogP contribution in [-0.2, 0) is 6.61 Å². The van der Waals surface area contributed by atoms with Crippen LogP contribution in [0.4, 0.5) is 0 Å². The predicted molar refractivity (Wildman–Crippen MR) is 50.5 cm³/mol. The minimum atomic E-state index is -0.100. The molecule has 0 bridgehead atoms. The highest BCUT2D eigenvalue weighted by Crippen LogP contribution is 2.37. The van der Waals surface area contributed by atoms with Crippen molar-refractivity contribution in [2.45, 2.75) is 6.61 Å². The van der Waals surface area contributed by atoms with E-state index in [1.54, 1.807) is 12.1 Å². The molecule has 4 heteroatoms. The van der Waals surface area contributed by atoms with Crippen molar-refractivity contribution >= 4 is 11.6 Å². The first-order valence-electron chi connectivity index (χ1n) is 3.74. The lowest BCUT2D eigenvalue weighted by molar-refractivity contribution is 0.270. The van der Waals surface area contributed by atoms with E-state index < -0.39 is 0 Å². The van der Waals surface area contributed by atoms with Gasteiger partial charge in [0.1, 0.15) is 0 Å². The van der Waals surface area contributed by atoms with Gasteiger partial charge >= 0.3 is 0 Å². The molecule has 0 aliphatic rings. The standard InChI is InChI=1S/C9H11ClO3/c1-12-8-6(5-11)3-4-7(10)9(8)13-2/h3-4,11H,5H2,1-2H3. The SMILES string of the molecule is COc1c(Cl)ccc(CO)c1OC. The maximum atomic E-state index is 8.98. The number of benzene rings is 1. The number of aliphatic hydroxyl groups is 1. The van der Waals surface area contributed by atoms with E-state index in [1.165, 1.54) is 14.2 Å². The van der Waals surface area contributed by atoms with E-state index in [2.05, 4.69) is 0 Å². The Morgan fingerprint density at radius 3 is 2.31 bits per heavy atom. The number of methoxy groups -OCH3 is 2. The molecule has 1 aromatic carbocycles. The normalized spacial score (nSPS) is 9.85. The Morgan fingerprint density at radius 1 is 1.23 bits per heavy atom. The summed E-state index contributed by atoms with van der Waals surface area (Å²) in [6, 6.07) is 3.36. The van der Waals surface area contributed by atoms with Crippen LogP contribution in [0.2, 0.25) is 5.02 Å². The molecule has 0 aliphatic carbocycles. The van der Waals surface area contributed by atoms with Gasteiger partial charge in [0.15, 0.2) is 11.5 Å². The van der Waals surface area contributed by atoms with Gasteiger partial charge in [-0.15, -0.1) is 0 Å². The zero-order chi connectivity index (χ0) is 9.84. The van der Waals surface area contributed by atoms with Crippen molar-refractivity contribution in [3.05, 3.63) is 22.7 Å². The first kappa shape index (κ1) is 10.2. The van der Waals surface area contributed by atoms with Gasteiger partial charge in [0.2, 0.25) is 0 Å². The molecule has 0 atom stereocenters. The van der Waals surface area contributed by atoms with E-state index in [0.29, 0.717) is 22.1 Å². The fraction of sp³-hybridized carbons (Fsp3) is 0.333. The third-order valence-electron chi connectivity index (χ3n) is 1.72. The molecule has 0 unspecified atom stereocenters. The monoisotopic (exact) mass is 202 g/mol. The zero-order valence-electron chi connectivity index (χ0n) is 7.50. The predicted octanol–water partition coefficient (Wildman–Crippen LogP) is 1.85. The highest BCUT2D eigenvalue weighted by atomic mass is 35.5. The van der Waals surface area contributed by atoms with Crippen LogP contribution in [-0.4, -0.2) is 19.3 Å². The Labute approximate surface area is 81.9 Å². The van der Waals surface area contributed by atoms with Crippen LogP contribution in [0, 0.1) is 0 Å². The lowest BCUT2D eigenvalue weighted by Crippen LogP contribution is -1.96. The summed E-state index contributed by atoms with van der Waals surface area (Å²) >= 11 is 5.85. The fourth-order valence-corrected chi connectivity index (χ4v) is 1.34. The van der Waals surface area contributed by atoms with Crippen LogP contribution in [0.1, 0.15) is 5.56 Å². The molecule has 72 valence electrons. The van der Waals surface area contributed by atoms with Gasteiger partial charge < -0.3 is 14.6 Å². The second-order valence-electron chi connectivity index (χ2n) is 2.43. The van der Waals surface area contributed by atoms with Gasteiger partial charge in [-0.1, -0.05) is 17.7 Å². The number of hydrogen-bond donors (Lipinski definition) is 1. The molecule has 0 radical (unpaired) electrons. The van der Waals surface area contributed by atoms with Crippen LogP contribution in [0.3, 0.4) is 0 Å². The molecular weight excluding hydrogens is 192 g/mol. The molecule has 0 saturated heterocycles. The summed E-state index contributed by atoms with van der Waals surface area (Å²) in [4.78, 5) is 0.